The summed E-state index contributed by atoms with van der Waals surface area (Å²) in [6.45, 7) is 11.6. The number of pyridine rings is 2. The van der Waals surface area contributed by atoms with Crippen molar-refractivity contribution in [3.05, 3.63) is 60.0 Å². The summed E-state index contributed by atoms with van der Waals surface area (Å²) in [6, 6.07) is 10.3. The lowest BCUT2D eigenvalue weighted by atomic mass is 9.92. The Morgan fingerprint density at radius 3 is 1.94 bits per heavy atom. The number of carbonyl (C=O) groups is 3. The largest absolute Gasteiger partial charge is 0.508 e. The summed E-state index contributed by atoms with van der Waals surface area (Å²) in [6.07, 6.45) is 4.35. The van der Waals surface area contributed by atoms with Crippen LogP contribution >= 0.6 is 0 Å². The van der Waals surface area contributed by atoms with Crippen LogP contribution in [0.25, 0.3) is 22.3 Å². The Kier molecular flexibility index (Phi) is 18.5. The summed E-state index contributed by atoms with van der Waals surface area (Å²) in [5.41, 5.74) is 10.3. The molecule has 0 fully saturated rings. The molecule has 0 unspecified atom stereocenters. The monoisotopic (exact) mass is 738 g/mol. The Labute approximate surface area is 311 Å². The number of nitrogens with one attached hydrogen (secondary N) is 3. The molecule has 0 aliphatic rings. The van der Waals surface area contributed by atoms with E-state index in [1.54, 1.807) is 63.5 Å². The molecule has 53 heavy (non-hydrogen) atoms. The molecular formula is C38H54N6O9. The number of aromatic nitrogens is 2. The van der Waals surface area contributed by atoms with Crippen molar-refractivity contribution < 1.29 is 43.2 Å². The number of nitrogens with two attached hydrogens (primary N) is 1. The molecule has 15 heteroatoms. The number of anilines is 1. The van der Waals surface area contributed by atoms with Crippen molar-refractivity contribution >= 4 is 23.7 Å². The van der Waals surface area contributed by atoms with Crippen LogP contribution in [-0.2, 0) is 34.9 Å². The van der Waals surface area contributed by atoms with E-state index in [1.165, 1.54) is 0 Å². The van der Waals surface area contributed by atoms with Crippen molar-refractivity contribution in [3.63, 3.8) is 0 Å². The molecule has 3 rings (SSSR count). The van der Waals surface area contributed by atoms with Gasteiger partial charge in [0.05, 0.1) is 52.9 Å². The summed E-state index contributed by atoms with van der Waals surface area (Å²) in [7, 11) is 0. The fourth-order valence-corrected chi connectivity index (χ4v) is 4.98. The van der Waals surface area contributed by atoms with E-state index in [1.807, 2.05) is 13.0 Å². The minimum Gasteiger partial charge on any atom is -0.508 e. The number of phenolic OH excluding ortho intramolecular Hbond substituents is 1. The zero-order chi connectivity index (χ0) is 38.5. The van der Waals surface area contributed by atoms with Gasteiger partial charge in [-0.05, 0) is 62.9 Å². The van der Waals surface area contributed by atoms with E-state index >= 15 is 0 Å². The molecule has 2 aromatic heterocycles. The van der Waals surface area contributed by atoms with Crippen molar-refractivity contribution in [2.24, 2.45) is 0 Å². The number of nitrogen functional groups attached to an aromatic ring is 1. The van der Waals surface area contributed by atoms with Gasteiger partial charge in [-0.3, -0.25) is 14.6 Å². The lowest BCUT2D eigenvalue weighted by Gasteiger charge is -2.19. The van der Waals surface area contributed by atoms with E-state index in [4.69, 9.17) is 29.4 Å². The van der Waals surface area contributed by atoms with Crippen LogP contribution in [-0.4, -0.2) is 111 Å². The highest BCUT2D eigenvalue weighted by molar-refractivity contribution is 5.93. The van der Waals surface area contributed by atoms with Crippen molar-refractivity contribution in [2.75, 3.05) is 78.2 Å². The van der Waals surface area contributed by atoms with Crippen LogP contribution in [0, 0.1) is 0 Å². The second-order valence-electron chi connectivity index (χ2n) is 12.8. The van der Waals surface area contributed by atoms with Crippen LogP contribution in [0.3, 0.4) is 0 Å². The first-order valence-electron chi connectivity index (χ1n) is 17.8. The number of ether oxygens (including phenoxy) is 5. The van der Waals surface area contributed by atoms with Crippen LogP contribution in [0.15, 0.2) is 48.8 Å². The van der Waals surface area contributed by atoms with Gasteiger partial charge in [-0.25, -0.2) is 9.78 Å². The lowest BCUT2D eigenvalue weighted by Crippen LogP contribution is -2.34. The van der Waals surface area contributed by atoms with E-state index in [-0.39, 0.29) is 36.3 Å². The van der Waals surface area contributed by atoms with Gasteiger partial charge in [0.2, 0.25) is 5.91 Å². The number of hydrogen-bond acceptors (Lipinski definition) is 12. The van der Waals surface area contributed by atoms with Crippen molar-refractivity contribution in [1.82, 2.24) is 25.9 Å². The SMILES string of the molecule is CCc1c(-c2ccc(C(=O)NCCCNC(=O)CCOCCOCCOCCOCCNC(=O)OC(C)(C)C)nc2)cnc(N)c1-c1ccc(O)cc1. The van der Waals surface area contributed by atoms with Gasteiger partial charge in [0.25, 0.3) is 5.91 Å². The van der Waals surface area contributed by atoms with Crippen molar-refractivity contribution in [2.45, 2.75) is 52.6 Å². The number of aromatic hydroxyl groups is 1. The molecule has 290 valence electrons. The summed E-state index contributed by atoms with van der Waals surface area (Å²) in [5, 5.41) is 18.0. The number of amides is 3. The van der Waals surface area contributed by atoms with E-state index < -0.39 is 11.7 Å². The molecule has 3 amide bonds. The summed E-state index contributed by atoms with van der Waals surface area (Å²) in [4.78, 5) is 45.1. The minimum absolute atomic E-state index is 0.136. The van der Waals surface area contributed by atoms with Gasteiger partial charge < -0.3 is 50.5 Å². The first-order valence-corrected chi connectivity index (χ1v) is 17.8. The maximum absolute atomic E-state index is 12.7. The molecule has 1 aromatic carbocycles. The maximum atomic E-state index is 12.7. The van der Waals surface area contributed by atoms with E-state index in [0.29, 0.717) is 84.5 Å². The molecule has 0 bridgehead atoms. The van der Waals surface area contributed by atoms with Crippen molar-refractivity contribution in [3.8, 4) is 28.0 Å². The molecule has 3 aromatic rings. The smallest absolute Gasteiger partial charge is 0.407 e. The van der Waals surface area contributed by atoms with Gasteiger partial charge in [-0.2, -0.15) is 0 Å². The third kappa shape index (κ3) is 16.2. The topological polar surface area (TPSA) is 205 Å². The van der Waals surface area contributed by atoms with Gasteiger partial charge in [0.15, 0.2) is 0 Å². The second-order valence-corrected chi connectivity index (χ2v) is 12.8. The quantitative estimate of drug-likeness (QED) is 0.0880. The Balaban J connectivity index is 1.19. The Hall–Kier alpha value is -4.83. The molecule has 0 saturated carbocycles. The van der Waals surface area contributed by atoms with Crippen LogP contribution in [0.2, 0.25) is 0 Å². The van der Waals surface area contributed by atoms with Gasteiger partial charge in [0, 0.05) is 55.1 Å². The predicted molar refractivity (Wildman–Crippen MR) is 200 cm³/mol. The molecule has 15 nitrogen and oxygen atoms in total. The first-order chi connectivity index (χ1) is 25.5. The summed E-state index contributed by atoms with van der Waals surface area (Å²) in [5.74, 6) is 0.120. The first kappa shape index (κ1) is 42.6. The van der Waals surface area contributed by atoms with Gasteiger partial charge >= 0.3 is 6.09 Å². The molecule has 6 N–H and O–H groups in total. The van der Waals surface area contributed by atoms with Gasteiger partial charge in [-0.15, -0.1) is 0 Å². The highest BCUT2D eigenvalue weighted by atomic mass is 16.6. The Morgan fingerprint density at radius 2 is 1.34 bits per heavy atom. The van der Waals surface area contributed by atoms with Crippen LogP contribution in [0.5, 0.6) is 5.75 Å². The standard InChI is InChI=1S/C38H54N6O9/c1-5-30-31(26-44-35(39)34(30)27-7-10-29(45)11-8-27)28-9-12-32(43-25-28)36(47)41-15-6-14-40-33(46)13-17-49-19-21-51-23-24-52-22-20-50-18-16-42-37(48)53-38(2,3)4/h7-12,25-26,45H,5-6,13-24H2,1-4H3,(H2,39,44)(H,40,46)(H,41,47)(H,42,48). The third-order valence-electron chi connectivity index (χ3n) is 7.50. The molecule has 0 radical (unpaired) electrons. The zero-order valence-electron chi connectivity index (χ0n) is 31.2. The Bertz CT molecular complexity index is 1560. The fourth-order valence-electron chi connectivity index (χ4n) is 4.98. The van der Waals surface area contributed by atoms with Gasteiger partial charge in [-0.1, -0.05) is 25.1 Å². The highest BCUT2D eigenvalue weighted by Crippen LogP contribution is 2.36. The number of hydrogen-bond donors (Lipinski definition) is 5. The van der Waals surface area contributed by atoms with E-state index in [9.17, 15) is 19.5 Å². The third-order valence-corrected chi connectivity index (χ3v) is 7.50. The molecule has 0 spiro atoms. The number of nitrogens with zero attached hydrogens (tertiary/aromatic N) is 2. The van der Waals surface area contributed by atoms with Crippen LogP contribution in [0.1, 0.15) is 56.6 Å². The fraction of sp³-hybridized carbons (Fsp3) is 0.500. The normalized spacial score (nSPS) is 11.2. The summed E-state index contributed by atoms with van der Waals surface area (Å²) >= 11 is 0. The second kappa shape index (κ2) is 23.0. The summed E-state index contributed by atoms with van der Waals surface area (Å²) < 4.78 is 26.9. The number of benzene rings is 1. The van der Waals surface area contributed by atoms with Crippen molar-refractivity contribution in [1.29, 1.82) is 0 Å². The number of alkyl carbamates (subject to hydrolysis) is 1. The maximum Gasteiger partial charge on any atom is 0.407 e. The molecule has 0 aliphatic heterocycles. The molecule has 0 atom stereocenters. The zero-order valence-corrected chi connectivity index (χ0v) is 31.2. The molecule has 0 saturated heterocycles. The van der Waals surface area contributed by atoms with Gasteiger partial charge in [0.1, 0.15) is 22.9 Å². The number of carbonyl (C=O) groups excluding carboxylic acids is 3. The molecule has 2 heterocycles. The number of rotatable bonds is 23. The lowest BCUT2D eigenvalue weighted by molar-refractivity contribution is -0.122. The van der Waals surface area contributed by atoms with Crippen LogP contribution < -0.4 is 21.7 Å². The molecule has 0 aliphatic carbocycles. The average molecular weight is 739 g/mol. The number of phenols is 1. The van der Waals surface area contributed by atoms with E-state index in [0.717, 1.165) is 27.8 Å². The Morgan fingerprint density at radius 1 is 0.736 bits per heavy atom. The molecular weight excluding hydrogens is 684 g/mol. The predicted octanol–water partition coefficient (Wildman–Crippen LogP) is 3.88. The highest BCUT2D eigenvalue weighted by Gasteiger charge is 2.17. The van der Waals surface area contributed by atoms with E-state index in [2.05, 4.69) is 25.9 Å². The average Bonchev–Trinajstić information content (AvgIpc) is 3.12. The van der Waals surface area contributed by atoms with Crippen LogP contribution in [0.4, 0.5) is 10.6 Å². The minimum atomic E-state index is -0.533.